The Morgan fingerprint density at radius 3 is 2.88 bits per heavy atom. The first kappa shape index (κ1) is 15.5. The molecule has 1 amide bonds. The number of nitrogens with zero attached hydrogens (tertiary/aromatic N) is 2. The smallest absolute Gasteiger partial charge is 0.263 e. The number of amides is 1. The summed E-state index contributed by atoms with van der Waals surface area (Å²) < 4.78 is 0. The van der Waals surface area contributed by atoms with Crippen molar-refractivity contribution in [2.75, 3.05) is 18.4 Å². The van der Waals surface area contributed by atoms with Gasteiger partial charge >= 0.3 is 0 Å². The molecular weight excluding hydrogens is 344 g/mol. The first-order valence-corrected chi connectivity index (χ1v) is 9.63. The summed E-state index contributed by atoms with van der Waals surface area (Å²) >= 11 is 1.61. The number of hydrogen-bond donors (Lipinski definition) is 2. The van der Waals surface area contributed by atoms with Gasteiger partial charge in [-0.3, -0.25) is 14.8 Å². The van der Waals surface area contributed by atoms with Gasteiger partial charge in [-0.2, -0.15) is 0 Å². The first-order valence-electron chi connectivity index (χ1n) is 8.82. The summed E-state index contributed by atoms with van der Waals surface area (Å²) in [6, 6.07) is 8.29. The van der Waals surface area contributed by atoms with Crippen LogP contribution in [0, 0.1) is 6.92 Å². The number of carbonyl (C=O) groups excluding carboxylic acids is 1. The van der Waals surface area contributed by atoms with Crippen LogP contribution in [0.5, 0.6) is 0 Å². The molecule has 0 bridgehead atoms. The lowest BCUT2D eigenvalue weighted by molar-refractivity contribution is 0.0962. The average molecular weight is 362 g/mol. The Labute approximate surface area is 155 Å². The largest absolute Gasteiger partial charge is 0.381 e. The number of aromatic nitrogens is 2. The number of anilines is 1. The molecule has 1 aliphatic carbocycles. The second-order valence-corrected chi connectivity index (χ2v) is 7.77. The van der Waals surface area contributed by atoms with Crippen molar-refractivity contribution in [3.8, 4) is 22.4 Å². The molecule has 4 heterocycles. The minimum atomic E-state index is 0.0304. The highest BCUT2D eigenvalue weighted by atomic mass is 32.1. The van der Waals surface area contributed by atoms with Crippen LogP contribution in [-0.4, -0.2) is 29.0 Å². The molecule has 0 atom stereocenters. The predicted molar refractivity (Wildman–Crippen MR) is 104 cm³/mol. The van der Waals surface area contributed by atoms with E-state index in [0.717, 1.165) is 58.2 Å². The highest BCUT2D eigenvalue weighted by Gasteiger charge is 2.29. The Bertz CT molecular complexity index is 1040. The van der Waals surface area contributed by atoms with Crippen LogP contribution < -0.4 is 10.6 Å². The first-order chi connectivity index (χ1) is 12.7. The van der Waals surface area contributed by atoms with Gasteiger partial charge in [0, 0.05) is 52.2 Å². The number of aryl methyl sites for hydroxylation is 3. The lowest BCUT2D eigenvalue weighted by Crippen LogP contribution is -2.24. The topological polar surface area (TPSA) is 66.9 Å². The maximum Gasteiger partial charge on any atom is 0.263 e. The Morgan fingerprint density at radius 2 is 2.00 bits per heavy atom. The third-order valence-electron chi connectivity index (χ3n) is 4.92. The summed E-state index contributed by atoms with van der Waals surface area (Å²) in [5.41, 5.74) is 7.47. The summed E-state index contributed by atoms with van der Waals surface area (Å²) in [6.07, 6.45) is 3.66. The van der Waals surface area contributed by atoms with Crippen molar-refractivity contribution in [3.05, 3.63) is 51.6 Å². The molecule has 5 rings (SSSR count). The fourth-order valence-electron chi connectivity index (χ4n) is 3.73. The summed E-state index contributed by atoms with van der Waals surface area (Å²) in [4.78, 5) is 23.6. The van der Waals surface area contributed by atoms with Crippen LogP contribution in [0.15, 0.2) is 30.5 Å². The monoisotopic (exact) mass is 362 g/mol. The SMILES string of the molecule is Cc1cc(-c2ccc3c(n2)CCc2sc4c(c2-3)NCCNC4=O)ccn1. The van der Waals surface area contributed by atoms with E-state index in [1.807, 2.05) is 19.2 Å². The van der Waals surface area contributed by atoms with Gasteiger partial charge in [0.05, 0.1) is 11.4 Å². The van der Waals surface area contributed by atoms with Crippen LogP contribution in [0.25, 0.3) is 22.4 Å². The fraction of sp³-hybridized carbons (Fsp3) is 0.250. The van der Waals surface area contributed by atoms with E-state index in [1.165, 1.54) is 10.4 Å². The number of nitrogens with one attached hydrogen (secondary N) is 2. The van der Waals surface area contributed by atoms with Crippen LogP contribution >= 0.6 is 11.3 Å². The van der Waals surface area contributed by atoms with Crippen molar-refractivity contribution in [2.24, 2.45) is 0 Å². The molecule has 26 heavy (non-hydrogen) atoms. The number of fused-ring (bicyclic) bond motifs is 5. The molecule has 3 aromatic heterocycles. The molecule has 5 nitrogen and oxygen atoms in total. The number of pyridine rings is 2. The highest BCUT2D eigenvalue weighted by Crippen LogP contribution is 2.46. The molecular formula is C20H18N4OS. The molecule has 0 spiro atoms. The van der Waals surface area contributed by atoms with E-state index >= 15 is 0 Å². The Kier molecular flexibility index (Phi) is 3.53. The van der Waals surface area contributed by atoms with Crippen LogP contribution in [0.4, 0.5) is 5.69 Å². The van der Waals surface area contributed by atoms with Gasteiger partial charge in [0.1, 0.15) is 4.88 Å². The van der Waals surface area contributed by atoms with Crippen molar-refractivity contribution in [3.63, 3.8) is 0 Å². The average Bonchev–Trinajstić information content (AvgIpc) is 2.94. The molecule has 0 saturated heterocycles. The summed E-state index contributed by atoms with van der Waals surface area (Å²) in [5.74, 6) is 0.0304. The van der Waals surface area contributed by atoms with Crippen molar-refractivity contribution >= 4 is 22.9 Å². The minimum absolute atomic E-state index is 0.0304. The molecule has 0 aromatic carbocycles. The van der Waals surface area contributed by atoms with Gasteiger partial charge in [0.25, 0.3) is 5.91 Å². The van der Waals surface area contributed by atoms with Gasteiger partial charge in [0.15, 0.2) is 0 Å². The zero-order chi connectivity index (χ0) is 17.7. The standard InChI is InChI=1S/C20H18N4OS/c1-11-10-12(6-7-21-11)14-3-2-13-15(24-14)4-5-16-17(13)18-19(26-16)20(25)23-9-8-22-18/h2-3,6-7,10,22H,4-5,8-9H2,1H3,(H,23,25). The maximum absolute atomic E-state index is 12.3. The van der Waals surface area contributed by atoms with E-state index in [1.54, 1.807) is 11.3 Å². The summed E-state index contributed by atoms with van der Waals surface area (Å²) in [5, 5.41) is 6.41. The number of carbonyl (C=O) groups is 1. The Morgan fingerprint density at radius 1 is 1.12 bits per heavy atom. The van der Waals surface area contributed by atoms with Crippen molar-refractivity contribution < 1.29 is 4.79 Å². The van der Waals surface area contributed by atoms with Gasteiger partial charge < -0.3 is 10.6 Å². The molecule has 130 valence electrons. The molecule has 0 radical (unpaired) electrons. The minimum Gasteiger partial charge on any atom is -0.381 e. The molecule has 0 saturated carbocycles. The summed E-state index contributed by atoms with van der Waals surface area (Å²) in [7, 11) is 0. The van der Waals surface area contributed by atoms with Crippen molar-refractivity contribution in [1.82, 2.24) is 15.3 Å². The molecule has 2 aliphatic rings. The molecule has 3 aromatic rings. The lowest BCUT2D eigenvalue weighted by Gasteiger charge is -2.18. The highest BCUT2D eigenvalue weighted by molar-refractivity contribution is 7.15. The zero-order valence-corrected chi connectivity index (χ0v) is 15.2. The van der Waals surface area contributed by atoms with Gasteiger partial charge in [-0.1, -0.05) is 6.07 Å². The number of rotatable bonds is 1. The predicted octanol–water partition coefficient (Wildman–Crippen LogP) is 3.43. The van der Waals surface area contributed by atoms with Gasteiger partial charge in [0.2, 0.25) is 0 Å². The van der Waals surface area contributed by atoms with Gasteiger partial charge in [-0.25, -0.2) is 0 Å². The quantitative estimate of drug-likeness (QED) is 0.696. The van der Waals surface area contributed by atoms with E-state index < -0.39 is 0 Å². The molecule has 2 N–H and O–H groups in total. The normalized spacial score (nSPS) is 15.2. The number of thiophene rings is 1. The second-order valence-electron chi connectivity index (χ2n) is 6.66. The van der Waals surface area contributed by atoms with E-state index in [4.69, 9.17) is 4.98 Å². The lowest BCUT2D eigenvalue weighted by atomic mass is 9.92. The van der Waals surface area contributed by atoms with E-state index in [2.05, 4.69) is 33.8 Å². The third-order valence-corrected chi connectivity index (χ3v) is 6.17. The second kappa shape index (κ2) is 5.92. The van der Waals surface area contributed by atoms with Crippen LogP contribution in [0.2, 0.25) is 0 Å². The van der Waals surface area contributed by atoms with E-state index in [0.29, 0.717) is 6.54 Å². The van der Waals surface area contributed by atoms with Crippen LogP contribution in [0.1, 0.15) is 25.9 Å². The van der Waals surface area contributed by atoms with Crippen LogP contribution in [0.3, 0.4) is 0 Å². The fourth-order valence-corrected chi connectivity index (χ4v) is 4.93. The Hall–Kier alpha value is -2.73. The van der Waals surface area contributed by atoms with Gasteiger partial charge in [-0.15, -0.1) is 11.3 Å². The zero-order valence-electron chi connectivity index (χ0n) is 14.4. The molecule has 6 heteroatoms. The summed E-state index contributed by atoms with van der Waals surface area (Å²) in [6.45, 7) is 3.39. The van der Waals surface area contributed by atoms with Crippen molar-refractivity contribution in [2.45, 2.75) is 19.8 Å². The van der Waals surface area contributed by atoms with E-state index in [-0.39, 0.29) is 5.91 Å². The number of hydrogen-bond acceptors (Lipinski definition) is 5. The van der Waals surface area contributed by atoms with Crippen LogP contribution in [-0.2, 0) is 12.8 Å². The molecule has 0 unspecified atom stereocenters. The maximum atomic E-state index is 12.3. The Balaban J connectivity index is 1.64. The van der Waals surface area contributed by atoms with Crippen molar-refractivity contribution in [1.29, 1.82) is 0 Å². The van der Waals surface area contributed by atoms with Gasteiger partial charge in [-0.05, 0) is 38.0 Å². The molecule has 0 fully saturated rings. The third kappa shape index (κ3) is 2.41. The van der Waals surface area contributed by atoms with E-state index in [9.17, 15) is 4.79 Å². The molecule has 1 aliphatic heterocycles.